The molecule has 1 saturated heterocycles. The van der Waals surface area contributed by atoms with Crippen molar-refractivity contribution in [2.24, 2.45) is 5.92 Å². The highest BCUT2D eigenvalue weighted by atomic mass is 35.5. The molecule has 2 atom stereocenters. The molecule has 2 aliphatic rings. The molecule has 20 heavy (non-hydrogen) atoms. The van der Waals surface area contributed by atoms with Crippen molar-refractivity contribution in [3.05, 3.63) is 22.9 Å². The summed E-state index contributed by atoms with van der Waals surface area (Å²) < 4.78 is 0. The first-order valence-electron chi connectivity index (χ1n) is 8.00. The fraction of sp³-hybridized carbons (Fsp3) is 0.706. The van der Waals surface area contributed by atoms with Gasteiger partial charge in [0.15, 0.2) is 0 Å². The van der Waals surface area contributed by atoms with Crippen molar-refractivity contribution < 1.29 is 0 Å². The van der Waals surface area contributed by atoms with Gasteiger partial charge in [0.05, 0.1) is 5.88 Å². The van der Waals surface area contributed by atoms with E-state index in [4.69, 9.17) is 16.6 Å². The van der Waals surface area contributed by atoms with E-state index < -0.39 is 0 Å². The van der Waals surface area contributed by atoms with E-state index in [2.05, 4.69) is 24.8 Å². The van der Waals surface area contributed by atoms with Gasteiger partial charge in [-0.25, -0.2) is 4.98 Å². The van der Waals surface area contributed by atoms with Gasteiger partial charge in [-0.15, -0.1) is 11.6 Å². The smallest absolute Gasteiger partial charge is 0.133 e. The van der Waals surface area contributed by atoms with Gasteiger partial charge in [0.2, 0.25) is 0 Å². The number of hydrogen-bond donors (Lipinski definition) is 0. The van der Waals surface area contributed by atoms with Crippen LogP contribution in [0.3, 0.4) is 0 Å². The SMILES string of the molecule is Cc1cc(C)c(CCl)c(N2CCCC3CCCCC32)n1. The van der Waals surface area contributed by atoms with Crippen molar-refractivity contribution in [3.8, 4) is 0 Å². The number of alkyl halides is 1. The first-order chi connectivity index (χ1) is 9.70. The summed E-state index contributed by atoms with van der Waals surface area (Å²) in [7, 11) is 0. The summed E-state index contributed by atoms with van der Waals surface area (Å²) in [5.74, 6) is 2.62. The zero-order valence-corrected chi connectivity index (χ0v) is 13.4. The molecule has 2 heterocycles. The quantitative estimate of drug-likeness (QED) is 0.741. The number of fused-ring (bicyclic) bond motifs is 1. The van der Waals surface area contributed by atoms with Crippen LogP contribution in [0.25, 0.3) is 0 Å². The Balaban J connectivity index is 1.98. The van der Waals surface area contributed by atoms with Gasteiger partial charge in [0, 0.05) is 23.8 Å². The molecule has 3 rings (SSSR count). The third-order valence-corrected chi connectivity index (χ3v) is 5.37. The Kier molecular flexibility index (Phi) is 4.21. The predicted molar refractivity (Wildman–Crippen MR) is 85.6 cm³/mol. The molecule has 2 fully saturated rings. The number of pyridine rings is 1. The van der Waals surface area contributed by atoms with E-state index in [9.17, 15) is 0 Å². The van der Waals surface area contributed by atoms with Crippen LogP contribution < -0.4 is 4.90 Å². The molecule has 0 radical (unpaired) electrons. The molecule has 0 amide bonds. The van der Waals surface area contributed by atoms with Crippen LogP contribution >= 0.6 is 11.6 Å². The summed E-state index contributed by atoms with van der Waals surface area (Å²) in [4.78, 5) is 7.45. The highest BCUT2D eigenvalue weighted by Gasteiger charge is 2.34. The number of rotatable bonds is 2. The molecule has 1 aromatic rings. The zero-order valence-electron chi connectivity index (χ0n) is 12.7. The third kappa shape index (κ3) is 2.55. The molecule has 2 unspecified atom stereocenters. The fourth-order valence-electron chi connectivity index (χ4n) is 4.13. The number of nitrogens with zero attached hydrogens (tertiary/aromatic N) is 2. The number of anilines is 1. The summed E-state index contributed by atoms with van der Waals surface area (Å²) >= 11 is 6.22. The van der Waals surface area contributed by atoms with E-state index >= 15 is 0 Å². The van der Waals surface area contributed by atoms with Crippen molar-refractivity contribution in [2.75, 3.05) is 11.4 Å². The van der Waals surface area contributed by atoms with Gasteiger partial charge in [-0.1, -0.05) is 12.8 Å². The van der Waals surface area contributed by atoms with E-state index in [1.165, 1.54) is 55.5 Å². The molecule has 1 aliphatic carbocycles. The van der Waals surface area contributed by atoms with Crippen LogP contribution in [0.5, 0.6) is 0 Å². The third-order valence-electron chi connectivity index (χ3n) is 5.10. The van der Waals surface area contributed by atoms with Crippen LogP contribution in [0.4, 0.5) is 5.82 Å². The van der Waals surface area contributed by atoms with Gasteiger partial charge in [-0.05, 0) is 57.1 Å². The van der Waals surface area contributed by atoms with Crippen LogP contribution in [0, 0.1) is 19.8 Å². The van der Waals surface area contributed by atoms with E-state index in [0.29, 0.717) is 11.9 Å². The Hall–Kier alpha value is -0.760. The van der Waals surface area contributed by atoms with Crippen molar-refractivity contribution >= 4 is 17.4 Å². The Morgan fingerprint density at radius 3 is 2.75 bits per heavy atom. The average Bonchev–Trinajstić information content (AvgIpc) is 2.46. The summed E-state index contributed by atoms with van der Waals surface area (Å²) in [6.07, 6.45) is 8.24. The second-order valence-electron chi connectivity index (χ2n) is 6.46. The lowest BCUT2D eigenvalue weighted by Gasteiger charge is -2.45. The van der Waals surface area contributed by atoms with Crippen molar-refractivity contribution in [2.45, 2.75) is 64.3 Å². The maximum atomic E-state index is 6.22. The summed E-state index contributed by atoms with van der Waals surface area (Å²) in [5, 5.41) is 0. The predicted octanol–water partition coefficient (Wildman–Crippen LogP) is 4.60. The minimum Gasteiger partial charge on any atom is -0.353 e. The Morgan fingerprint density at radius 1 is 1.20 bits per heavy atom. The first-order valence-corrected chi connectivity index (χ1v) is 8.54. The molecule has 1 aliphatic heterocycles. The summed E-state index contributed by atoms with van der Waals surface area (Å²) in [5.41, 5.74) is 3.65. The fourth-order valence-corrected chi connectivity index (χ4v) is 4.46. The Morgan fingerprint density at radius 2 is 1.95 bits per heavy atom. The molecule has 0 bridgehead atoms. The van der Waals surface area contributed by atoms with Crippen molar-refractivity contribution in [1.82, 2.24) is 4.98 Å². The van der Waals surface area contributed by atoms with Gasteiger partial charge in [-0.3, -0.25) is 0 Å². The average molecular weight is 293 g/mol. The van der Waals surface area contributed by atoms with E-state index in [0.717, 1.165) is 18.2 Å². The molecule has 1 aromatic heterocycles. The van der Waals surface area contributed by atoms with Gasteiger partial charge in [-0.2, -0.15) is 0 Å². The van der Waals surface area contributed by atoms with Crippen molar-refractivity contribution in [3.63, 3.8) is 0 Å². The first kappa shape index (κ1) is 14.2. The van der Waals surface area contributed by atoms with E-state index in [1.54, 1.807) is 0 Å². The van der Waals surface area contributed by atoms with Crippen LogP contribution in [0.2, 0.25) is 0 Å². The van der Waals surface area contributed by atoms with Crippen LogP contribution in [0.1, 0.15) is 55.3 Å². The molecule has 1 saturated carbocycles. The lowest BCUT2D eigenvalue weighted by Crippen LogP contribution is -2.47. The monoisotopic (exact) mass is 292 g/mol. The molecule has 0 aromatic carbocycles. The molecular weight excluding hydrogens is 268 g/mol. The molecule has 3 heteroatoms. The number of hydrogen-bond acceptors (Lipinski definition) is 2. The normalized spacial score (nSPS) is 26.4. The zero-order chi connectivity index (χ0) is 14.1. The van der Waals surface area contributed by atoms with Crippen LogP contribution in [-0.4, -0.2) is 17.6 Å². The summed E-state index contributed by atoms with van der Waals surface area (Å²) in [6.45, 7) is 5.41. The molecular formula is C17H25ClN2. The van der Waals surface area contributed by atoms with Gasteiger partial charge < -0.3 is 4.90 Å². The van der Waals surface area contributed by atoms with Crippen LogP contribution in [-0.2, 0) is 5.88 Å². The topological polar surface area (TPSA) is 16.1 Å². The minimum atomic E-state index is 0.572. The minimum absolute atomic E-state index is 0.572. The second-order valence-corrected chi connectivity index (χ2v) is 6.73. The number of aromatic nitrogens is 1. The number of halogens is 1. The number of piperidine rings is 1. The number of aryl methyl sites for hydroxylation is 2. The Bertz CT molecular complexity index is 484. The summed E-state index contributed by atoms with van der Waals surface area (Å²) in [6, 6.07) is 2.86. The maximum Gasteiger partial charge on any atom is 0.133 e. The molecule has 0 spiro atoms. The maximum absolute atomic E-state index is 6.22. The molecule has 0 N–H and O–H groups in total. The van der Waals surface area contributed by atoms with Crippen molar-refractivity contribution in [1.29, 1.82) is 0 Å². The van der Waals surface area contributed by atoms with E-state index in [1.807, 2.05) is 0 Å². The van der Waals surface area contributed by atoms with Gasteiger partial charge in [0.25, 0.3) is 0 Å². The highest BCUT2D eigenvalue weighted by Crippen LogP contribution is 2.39. The van der Waals surface area contributed by atoms with Gasteiger partial charge >= 0.3 is 0 Å². The van der Waals surface area contributed by atoms with Gasteiger partial charge in [0.1, 0.15) is 5.82 Å². The lowest BCUT2D eigenvalue weighted by molar-refractivity contribution is 0.242. The molecule has 110 valence electrons. The lowest BCUT2D eigenvalue weighted by atomic mass is 9.78. The second kappa shape index (κ2) is 5.93. The van der Waals surface area contributed by atoms with Crippen LogP contribution in [0.15, 0.2) is 6.07 Å². The largest absolute Gasteiger partial charge is 0.353 e. The standard InChI is InChI=1S/C17H25ClN2/c1-12-10-13(2)19-17(15(12)11-18)20-9-5-7-14-6-3-4-8-16(14)20/h10,14,16H,3-9,11H2,1-2H3. The Labute approximate surface area is 127 Å². The highest BCUT2D eigenvalue weighted by molar-refractivity contribution is 6.17. The molecule has 2 nitrogen and oxygen atoms in total. The van der Waals surface area contributed by atoms with E-state index in [-0.39, 0.29) is 0 Å².